The van der Waals surface area contributed by atoms with E-state index in [0.717, 1.165) is 18.8 Å². The fourth-order valence-electron chi connectivity index (χ4n) is 1.59. The summed E-state index contributed by atoms with van der Waals surface area (Å²) in [4.78, 5) is 0. The minimum absolute atomic E-state index is 0.606. The molecule has 1 aromatic rings. The Morgan fingerprint density at radius 3 is 2.47 bits per heavy atom. The van der Waals surface area contributed by atoms with Crippen molar-refractivity contribution >= 4 is 0 Å². The van der Waals surface area contributed by atoms with Crippen molar-refractivity contribution in [1.82, 2.24) is 5.32 Å². The standard InChI is InChI=1S/C13H21NO/c1-4-14-10-9-11(2)12-5-7-13(15-3)8-6-12/h5-8,11,14H,4,9-10H2,1-3H3. The largest absolute Gasteiger partial charge is 0.497 e. The van der Waals surface area contributed by atoms with Crippen molar-refractivity contribution < 1.29 is 4.74 Å². The highest BCUT2D eigenvalue weighted by Crippen LogP contribution is 2.21. The molecule has 1 aromatic carbocycles. The van der Waals surface area contributed by atoms with Gasteiger partial charge in [0.2, 0.25) is 0 Å². The highest BCUT2D eigenvalue weighted by molar-refractivity contribution is 5.29. The van der Waals surface area contributed by atoms with Crippen LogP contribution in [0.15, 0.2) is 24.3 Å². The molecule has 1 rings (SSSR count). The van der Waals surface area contributed by atoms with Crippen molar-refractivity contribution in [3.8, 4) is 5.75 Å². The van der Waals surface area contributed by atoms with Crippen LogP contribution >= 0.6 is 0 Å². The van der Waals surface area contributed by atoms with Crippen LogP contribution in [0.25, 0.3) is 0 Å². The molecule has 1 N–H and O–H groups in total. The molecular formula is C13H21NO. The van der Waals surface area contributed by atoms with Crippen LogP contribution in [-0.2, 0) is 0 Å². The molecule has 0 fully saturated rings. The van der Waals surface area contributed by atoms with E-state index in [9.17, 15) is 0 Å². The van der Waals surface area contributed by atoms with Crippen LogP contribution in [0, 0.1) is 0 Å². The van der Waals surface area contributed by atoms with Crippen molar-refractivity contribution in [2.45, 2.75) is 26.2 Å². The Morgan fingerprint density at radius 2 is 1.93 bits per heavy atom. The molecule has 0 aromatic heterocycles. The molecule has 1 unspecified atom stereocenters. The lowest BCUT2D eigenvalue weighted by molar-refractivity contribution is 0.414. The molecular weight excluding hydrogens is 186 g/mol. The smallest absolute Gasteiger partial charge is 0.118 e. The predicted octanol–water partition coefficient (Wildman–Crippen LogP) is 2.80. The van der Waals surface area contributed by atoms with Gasteiger partial charge in [0.05, 0.1) is 7.11 Å². The topological polar surface area (TPSA) is 21.3 Å². The third kappa shape index (κ3) is 3.92. The van der Waals surface area contributed by atoms with Gasteiger partial charge in [-0.15, -0.1) is 0 Å². The molecule has 0 saturated heterocycles. The van der Waals surface area contributed by atoms with Gasteiger partial charge in [-0.05, 0) is 43.1 Å². The zero-order valence-electron chi connectivity index (χ0n) is 9.92. The number of benzene rings is 1. The lowest BCUT2D eigenvalue weighted by Gasteiger charge is -2.12. The molecule has 2 heteroatoms. The fourth-order valence-corrected chi connectivity index (χ4v) is 1.59. The normalized spacial score (nSPS) is 12.5. The second-order valence-corrected chi connectivity index (χ2v) is 3.82. The highest BCUT2D eigenvalue weighted by Gasteiger charge is 2.04. The van der Waals surface area contributed by atoms with Gasteiger partial charge in [0.1, 0.15) is 5.75 Å². The van der Waals surface area contributed by atoms with Crippen molar-refractivity contribution in [3.05, 3.63) is 29.8 Å². The summed E-state index contributed by atoms with van der Waals surface area (Å²) in [7, 11) is 1.70. The number of methoxy groups -OCH3 is 1. The van der Waals surface area contributed by atoms with Gasteiger partial charge in [-0.1, -0.05) is 26.0 Å². The van der Waals surface area contributed by atoms with Gasteiger partial charge >= 0.3 is 0 Å². The first-order valence-corrected chi connectivity index (χ1v) is 5.62. The fraction of sp³-hybridized carbons (Fsp3) is 0.538. The van der Waals surface area contributed by atoms with E-state index >= 15 is 0 Å². The van der Waals surface area contributed by atoms with Crippen LogP contribution in [0.5, 0.6) is 5.75 Å². The Labute approximate surface area is 92.6 Å². The average molecular weight is 207 g/mol. The molecule has 0 bridgehead atoms. The van der Waals surface area contributed by atoms with Gasteiger partial charge in [0.25, 0.3) is 0 Å². The van der Waals surface area contributed by atoms with Gasteiger partial charge in [0, 0.05) is 0 Å². The summed E-state index contributed by atoms with van der Waals surface area (Å²) >= 11 is 0. The molecule has 2 nitrogen and oxygen atoms in total. The van der Waals surface area contributed by atoms with Crippen LogP contribution in [0.2, 0.25) is 0 Å². The summed E-state index contributed by atoms with van der Waals surface area (Å²) < 4.78 is 5.14. The molecule has 0 radical (unpaired) electrons. The summed E-state index contributed by atoms with van der Waals surface area (Å²) in [6, 6.07) is 8.35. The van der Waals surface area contributed by atoms with E-state index in [1.165, 1.54) is 12.0 Å². The molecule has 0 spiro atoms. The number of hydrogen-bond acceptors (Lipinski definition) is 2. The Hall–Kier alpha value is -1.02. The maximum absolute atomic E-state index is 5.14. The van der Waals surface area contributed by atoms with E-state index < -0.39 is 0 Å². The minimum atomic E-state index is 0.606. The minimum Gasteiger partial charge on any atom is -0.497 e. The summed E-state index contributed by atoms with van der Waals surface area (Å²) in [6.45, 7) is 6.54. The molecule has 0 amide bonds. The molecule has 0 saturated carbocycles. The monoisotopic (exact) mass is 207 g/mol. The SMILES string of the molecule is CCNCCC(C)c1ccc(OC)cc1. The van der Waals surface area contributed by atoms with Crippen molar-refractivity contribution in [2.24, 2.45) is 0 Å². The Bertz CT molecular complexity index is 268. The molecule has 0 aliphatic heterocycles. The highest BCUT2D eigenvalue weighted by atomic mass is 16.5. The van der Waals surface area contributed by atoms with Gasteiger partial charge in [-0.2, -0.15) is 0 Å². The van der Waals surface area contributed by atoms with Gasteiger partial charge in [-0.3, -0.25) is 0 Å². The van der Waals surface area contributed by atoms with E-state index in [0.29, 0.717) is 5.92 Å². The zero-order chi connectivity index (χ0) is 11.1. The second-order valence-electron chi connectivity index (χ2n) is 3.82. The van der Waals surface area contributed by atoms with Crippen LogP contribution in [0.1, 0.15) is 31.7 Å². The summed E-state index contributed by atoms with van der Waals surface area (Å²) in [6.07, 6.45) is 1.18. The lowest BCUT2D eigenvalue weighted by atomic mass is 9.98. The third-order valence-electron chi connectivity index (χ3n) is 2.69. The van der Waals surface area contributed by atoms with E-state index in [2.05, 4.69) is 31.3 Å². The number of rotatable bonds is 6. The first kappa shape index (κ1) is 12.1. The van der Waals surface area contributed by atoms with Gasteiger partial charge in [-0.25, -0.2) is 0 Å². The first-order chi connectivity index (χ1) is 7.27. The zero-order valence-corrected chi connectivity index (χ0v) is 9.92. The predicted molar refractivity (Wildman–Crippen MR) is 64.6 cm³/mol. The summed E-state index contributed by atoms with van der Waals surface area (Å²) in [5, 5.41) is 3.35. The average Bonchev–Trinajstić information content (AvgIpc) is 2.29. The van der Waals surface area contributed by atoms with Crippen molar-refractivity contribution in [1.29, 1.82) is 0 Å². The van der Waals surface area contributed by atoms with Crippen molar-refractivity contribution in [3.63, 3.8) is 0 Å². The van der Waals surface area contributed by atoms with Crippen LogP contribution < -0.4 is 10.1 Å². The molecule has 15 heavy (non-hydrogen) atoms. The summed E-state index contributed by atoms with van der Waals surface area (Å²) in [5.74, 6) is 1.53. The van der Waals surface area contributed by atoms with Gasteiger partial charge < -0.3 is 10.1 Å². The maximum atomic E-state index is 5.14. The van der Waals surface area contributed by atoms with E-state index in [4.69, 9.17) is 4.74 Å². The van der Waals surface area contributed by atoms with Crippen LogP contribution in [0.3, 0.4) is 0 Å². The maximum Gasteiger partial charge on any atom is 0.118 e. The van der Waals surface area contributed by atoms with Crippen molar-refractivity contribution in [2.75, 3.05) is 20.2 Å². The van der Waals surface area contributed by atoms with Crippen LogP contribution in [0.4, 0.5) is 0 Å². The third-order valence-corrected chi connectivity index (χ3v) is 2.69. The lowest BCUT2D eigenvalue weighted by Crippen LogP contribution is -2.15. The molecule has 1 atom stereocenters. The molecule has 0 aliphatic rings. The van der Waals surface area contributed by atoms with E-state index in [-0.39, 0.29) is 0 Å². The molecule has 84 valence electrons. The first-order valence-electron chi connectivity index (χ1n) is 5.62. The quantitative estimate of drug-likeness (QED) is 0.724. The number of ether oxygens (including phenoxy) is 1. The van der Waals surface area contributed by atoms with Crippen LogP contribution in [-0.4, -0.2) is 20.2 Å². The summed E-state index contributed by atoms with van der Waals surface area (Å²) in [5.41, 5.74) is 1.38. The molecule has 0 aliphatic carbocycles. The van der Waals surface area contributed by atoms with E-state index in [1.807, 2.05) is 12.1 Å². The van der Waals surface area contributed by atoms with Gasteiger partial charge in [0.15, 0.2) is 0 Å². The van der Waals surface area contributed by atoms with E-state index in [1.54, 1.807) is 7.11 Å². The Balaban J connectivity index is 2.46. The number of nitrogens with one attached hydrogen (secondary N) is 1. The Morgan fingerprint density at radius 1 is 1.27 bits per heavy atom. The Kier molecular flexibility index (Phi) is 5.19. The second kappa shape index (κ2) is 6.46. The number of hydrogen-bond donors (Lipinski definition) is 1. The molecule has 0 heterocycles.